The molecular formula is C12H14. The van der Waals surface area contributed by atoms with E-state index in [0.29, 0.717) is 0 Å². The maximum Gasteiger partial charge on any atom is -0.0165 e. The predicted octanol–water partition coefficient (Wildman–Crippen LogP) is 2.32. The van der Waals surface area contributed by atoms with Crippen LogP contribution < -0.4 is 0 Å². The predicted molar refractivity (Wildman–Crippen MR) is 46.3 cm³/mol. The van der Waals surface area contributed by atoms with E-state index >= 15 is 0 Å². The highest BCUT2D eigenvalue weighted by Crippen LogP contribution is 2.78. The van der Waals surface area contributed by atoms with Gasteiger partial charge in [0.05, 0.1) is 0 Å². The Morgan fingerprint density at radius 1 is 0.667 bits per heavy atom. The third kappa shape index (κ3) is 0.407. The smallest absolute Gasteiger partial charge is 0.0165 e. The molecule has 4 saturated carbocycles. The van der Waals surface area contributed by atoms with Crippen molar-refractivity contribution in [3.05, 3.63) is 12.2 Å². The van der Waals surface area contributed by atoms with Crippen molar-refractivity contribution in [3.8, 4) is 0 Å². The number of allylic oxidation sites excluding steroid dienone is 2. The van der Waals surface area contributed by atoms with Gasteiger partial charge in [0.2, 0.25) is 0 Å². The van der Waals surface area contributed by atoms with Crippen molar-refractivity contribution in [1.29, 1.82) is 0 Å². The molecule has 0 aromatic carbocycles. The lowest BCUT2D eigenvalue weighted by Crippen LogP contribution is -2.02. The van der Waals surface area contributed by atoms with E-state index in [0.717, 1.165) is 11.8 Å². The first-order valence-electron chi connectivity index (χ1n) is 5.63. The van der Waals surface area contributed by atoms with Crippen LogP contribution >= 0.6 is 0 Å². The molecule has 6 aliphatic carbocycles. The molecule has 6 rings (SSSR count). The van der Waals surface area contributed by atoms with Crippen LogP contribution in [0.5, 0.6) is 0 Å². The molecule has 0 aromatic rings. The molecule has 12 heavy (non-hydrogen) atoms. The minimum Gasteiger partial charge on any atom is -0.0845 e. The van der Waals surface area contributed by atoms with E-state index in [2.05, 4.69) is 12.2 Å². The third-order valence-electron chi connectivity index (χ3n) is 5.51. The average molecular weight is 158 g/mol. The van der Waals surface area contributed by atoms with Crippen molar-refractivity contribution in [2.24, 2.45) is 47.3 Å². The van der Waals surface area contributed by atoms with E-state index in [-0.39, 0.29) is 0 Å². The fourth-order valence-electron chi connectivity index (χ4n) is 4.88. The summed E-state index contributed by atoms with van der Waals surface area (Å²) in [5, 5.41) is 0. The summed E-state index contributed by atoms with van der Waals surface area (Å²) in [6.45, 7) is 0. The van der Waals surface area contributed by atoms with E-state index in [1.807, 2.05) is 0 Å². The first-order chi connectivity index (χ1) is 5.95. The zero-order valence-corrected chi connectivity index (χ0v) is 7.19. The summed E-state index contributed by atoms with van der Waals surface area (Å²) in [4.78, 5) is 0. The van der Waals surface area contributed by atoms with Gasteiger partial charge >= 0.3 is 0 Å². The Kier molecular flexibility index (Phi) is 0.603. The van der Waals surface area contributed by atoms with Gasteiger partial charge in [-0.25, -0.2) is 0 Å². The highest BCUT2D eigenvalue weighted by atomic mass is 14.8. The van der Waals surface area contributed by atoms with Crippen molar-refractivity contribution in [1.82, 2.24) is 0 Å². The summed E-state index contributed by atoms with van der Waals surface area (Å²) >= 11 is 0. The van der Waals surface area contributed by atoms with Gasteiger partial charge in [-0.1, -0.05) is 12.2 Å². The fraction of sp³-hybridized carbons (Fsp3) is 0.833. The van der Waals surface area contributed by atoms with Gasteiger partial charge in [0.1, 0.15) is 0 Å². The van der Waals surface area contributed by atoms with E-state index in [4.69, 9.17) is 0 Å². The molecule has 0 aromatic heterocycles. The summed E-state index contributed by atoms with van der Waals surface area (Å²) in [5.74, 6) is 9.24. The molecule has 0 nitrogen and oxygen atoms in total. The van der Waals surface area contributed by atoms with Crippen molar-refractivity contribution in [2.75, 3.05) is 0 Å². The molecule has 62 valence electrons. The second-order valence-electron chi connectivity index (χ2n) is 5.82. The SMILES string of the molecule is C1=CC2C3C4CC4C1C1CC1C23. The Labute approximate surface area is 73.0 Å². The monoisotopic (exact) mass is 158 g/mol. The first-order valence-corrected chi connectivity index (χ1v) is 5.63. The number of rotatable bonds is 0. The molecule has 0 saturated heterocycles. The van der Waals surface area contributed by atoms with Crippen LogP contribution in [0.3, 0.4) is 0 Å². The Morgan fingerprint density at radius 2 is 1.25 bits per heavy atom. The molecule has 0 heteroatoms. The third-order valence-corrected chi connectivity index (χ3v) is 5.51. The van der Waals surface area contributed by atoms with Crippen LogP contribution in [0.1, 0.15) is 12.8 Å². The lowest BCUT2D eigenvalue weighted by Gasteiger charge is -2.08. The van der Waals surface area contributed by atoms with E-state index < -0.39 is 0 Å². The van der Waals surface area contributed by atoms with Crippen LogP contribution in [0.25, 0.3) is 0 Å². The van der Waals surface area contributed by atoms with Gasteiger partial charge in [-0.2, -0.15) is 0 Å². The lowest BCUT2D eigenvalue weighted by molar-refractivity contribution is 0.461. The number of hydrogen-bond donors (Lipinski definition) is 0. The molecule has 0 N–H and O–H groups in total. The topological polar surface area (TPSA) is 0 Å². The summed E-state index contributed by atoms with van der Waals surface area (Å²) in [7, 11) is 0. The van der Waals surface area contributed by atoms with Gasteiger partial charge in [-0.3, -0.25) is 0 Å². The molecule has 6 unspecified atom stereocenters. The molecule has 0 heterocycles. The van der Waals surface area contributed by atoms with Crippen LogP contribution in [-0.2, 0) is 0 Å². The average Bonchev–Trinajstić information content (AvgIpc) is 2.81. The molecule has 6 atom stereocenters. The summed E-state index contributed by atoms with van der Waals surface area (Å²) in [5.41, 5.74) is 0. The quantitative estimate of drug-likeness (QED) is 0.475. The second kappa shape index (κ2) is 1.32. The molecule has 0 radical (unpaired) electrons. The van der Waals surface area contributed by atoms with E-state index in [1.165, 1.54) is 35.5 Å². The van der Waals surface area contributed by atoms with E-state index in [9.17, 15) is 0 Å². The van der Waals surface area contributed by atoms with Gasteiger partial charge in [0.25, 0.3) is 0 Å². The fourth-order valence-corrected chi connectivity index (χ4v) is 4.88. The normalized spacial score (nSPS) is 78.7. The van der Waals surface area contributed by atoms with Crippen LogP contribution in [0.2, 0.25) is 0 Å². The van der Waals surface area contributed by atoms with Gasteiger partial charge in [0.15, 0.2) is 0 Å². The molecular weight excluding hydrogens is 144 g/mol. The van der Waals surface area contributed by atoms with E-state index in [1.54, 1.807) is 12.8 Å². The Bertz CT molecular complexity index is 279. The first kappa shape index (κ1) is 5.47. The molecule has 0 amide bonds. The summed E-state index contributed by atoms with van der Waals surface area (Å²) < 4.78 is 0. The summed E-state index contributed by atoms with van der Waals surface area (Å²) in [6, 6.07) is 0. The zero-order valence-electron chi connectivity index (χ0n) is 7.19. The molecule has 0 aliphatic heterocycles. The lowest BCUT2D eigenvalue weighted by atomic mass is 9.97. The van der Waals surface area contributed by atoms with Crippen molar-refractivity contribution in [2.45, 2.75) is 12.8 Å². The van der Waals surface area contributed by atoms with Gasteiger partial charge in [-0.15, -0.1) is 0 Å². The standard InChI is InChI=1S/C12H14/c1-2-6-11-9-3-7(9)5(1)8-4-10(8)12(6)11/h1-2,5-12H,3-4H2. The van der Waals surface area contributed by atoms with Gasteiger partial charge in [0, 0.05) is 0 Å². The van der Waals surface area contributed by atoms with Crippen molar-refractivity contribution in [3.63, 3.8) is 0 Å². The maximum absolute atomic E-state index is 2.62. The van der Waals surface area contributed by atoms with Crippen LogP contribution in [0, 0.1) is 47.3 Å². The molecule has 6 aliphatic rings. The van der Waals surface area contributed by atoms with Crippen molar-refractivity contribution < 1.29 is 0 Å². The zero-order chi connectivity index (χ0) is 7.45. The highest BCUT2D eigenvalue weighted by Gasteiger charge is 2.73. The largest absolute Gasteiger partial charge is 0.0845 e. The van der Waals surface area contributed by atoms with Crippen LogP contribution in [-0.4, -0.2) is 0 Å². The number of hydrogen-bond acceptors (Lipinski definition) is 0. The Balaban J connectivity index is 1.78. The summed E-state index contributed by atoms with van der Waals surface area (Å²) in [6.07, 6.45) is 8.43. The maximum atomic E-state index is 2.62. The molecule has 4 bridgehead atoms. The van der Waals surface area contributed by atoms with Crippen LogP contribution in [0.15, 0.2) is 12.2 Å². The molecule has 0 spiro atoms. The van der Waals surface area contributed by atoms with Gasteiger partial charge in [-0.05, 0) is 60.2 Å². The second-order valence-corrected chi connectivity index (χ2v) is 5.82. The Hall–Kier alpha value is -0.260. The van der Waals surface area contributed by atoms with Gasteiger partial charge < -0.3 is 0 Å². The Morgan fingerprint density at radius 3 is 1.92 bits per heavy atom. The highest BCUT2D eigenvalue weighted by molar-refractivity contribution is 5.30. The minimum atomic E-state index is 1.06. The molecule has 4 fully saturated rings. The van der Waals surface area contributed by atoms with Crippen molar-refractivity contribution >= 4 is 0 Å². The van der Waals surface area contributed by atoms with Crippen LogP contribution in [0.4, 0.5) is 0 Å². The minimum absolute atomic E-state index is 1.06.